The van der Waals surface area contributed by atoms with Gasteiger partial charge in [-0.05, 0) is 18.6 Å². The summed E-state index contributed by atoms with van der Waals surface area (Å²) in [5, 5.41) is 2.64. The zero-order valence-electron chi connectivity index (χ0n) is 12.0. The molecule has 1 aliphatic heterocycles. The summed E-state index contributed by atoms with van der Waals surface area (Å²) in [7, 11) is -0.349. The molecule has 0 spiro atoms. The number of hydrogen-bond donors (Lipinski definition) is 1. The van der Waals surface area contributed by atoms with Crippen molar-refractivity contribution in [3.05, 3.63) is 18.2 Å². The van der Waals surface area contributed by atoms with Crippen LogP contribution in [0.1, 0.15) is 6.42 Å². The fraction of sp³-hybridized carbons (Fsp3) is 0.462. The summed E-state index contributed by atoms with van der Waals surface area (Å²) in [6, 6.07) is 4.87. The molecule has 0 unspecified atom stereocenters. The van der Waals surface area contributed by atoms with Crippen LogP contribution in [-0.4, -0.2) is 47.4 Å². The van der Waals surface area contributed by atoms with E-state index >= 15 is 0 Å². The maximum Gasteiger partial charge on any atom is 0.250 e. The van der Waals surface area contributed by atoms with Crippen LogP contribution in [-0.2, 0) is 19.6 Å². The Morgan fingerprint density at radius 2 is 2.14 bits per heavy atom. The lowest BCUT2D eigenvalue weighted by Crippen LogP contribution is -2.25. The third-order valence-electron chi connectivity index (χ3n) is 3.12. The highest BCUT2D eigenvalue weighted by Gasteiger charge is 2.29. The number of anilines is 2. The number of benzene rings is 1. The zero-order chi connectivity index (χ0) is 15.5. The van der Waals surface area contributed by atoms with Gasteiger partial charge < -0.3 is 14.8 Å². The van der Waals surface area contributed by atoms with E-state index in [-0.39, 0.29) is 18.3 Å². The van der Waals surface area contributed by atoms with Gasteiger partial charge in [-0.25, -0.2) is 8.42 Å². The fourth-order valence-electron chi connectivity index (χ4n) is 2.19. The van der Waals surface area contributed by atoms with E-state index in [9.17, 15) is 13.2 Å². The normalized spacial score (nSPS) is 16.8. The summed E-state index contributed by atoms with van der Waals surface area (Å²) in [6.07, 6.45) is 0.608. The largest absolute Gasteiger partial charge is 0.494 e. The SMILES string of the molecule is COCC(=O)Nc1ccc(N2CCCS2(=O)=O)cc1OC. The van der Waals surface area contributed by atoms with Crippen molar-refractivity contribution in [1.82, 2.24) is 0 Å². The minimum atomic E-state index is -3.24. The van der Waals surface area contributed by atoms with Crippen LogP contribution in [0.5, 0.6) is 5.75 Å². The predicted octanol–water partition coefficient (Wildman–Crippen LogP) is 0.820. The lowest BCUT2D eigenvalue weighted by Gasteiger charge is -2.19. The fourth-order valence-corrected chi connectivity index (χ4v) is 3.74. The summed E-state index contributed by atoms with van der Waals surface area (Å²) >= 11 is 0. The molecule has 7 nitrogen and oxygen atoms in total. The van der Waals surface area contributed by atoms with Gasteiger partial charge >= 0.3 is 0 Å². The summed E-state index contributed by atoms with van der Waals surface area (Å²) < 4.78 is 35.1. The number of carbonyl (C=O) groups excluding carboxylic acids is 1. The first kappa shape index (κ1) is 15.6. The van der Waals surface area contributed by atoms with E-state index in [1.807, 2.05) is 0 Å². The van der Waals surface area contributed by atoms with Gasteiger partial charge in [0, 0.05) is 19.7 Å². The summed E-state index contributed by atoms with van der Waals surface area (Å²) in [6.45, 7) is 0.395. The second-order valence-corrected chi connectivity index (χ2v) is 6.62. The van der Waals surface area contributed by atoms with Crippen LogP contribution in [0.3, 0.4) is 0 Å². The van der Waals surface area contributed by atoms with E-state index in [0.717, 1.165) is 0 Å². The zero-order valence-corrected chi connectivity index (χ0v) is 12.8. The van der Waals surface area contributed by atoms with Crippen LogP contribution in [0.15, 0.2) is 18.2 Å². The number of carbonyl (C=O) groups is 1. The first-order valence-corrected chi connectivity index (χ1v) is 8.06. The Hall–Kier alpha value is -1.80. The van der Waals surface area contributed by atoms with Crippen molar-refractivity contribution in [1.29, 1.82) is 0 Å². The Labute approximate surface area is 123 Å². The van der Waals surface area contributed by atoms with E-state index < -0.39 is 10.0 Å². The van der Waals surface area contributed by atoms with Gasteiger partial charge in [-0.2, -0.15) is 0 Å². The Balaban J connectivity index is 2.26. The van der Waals surface area contributed by atoms with E-state index in [0.29, 0.717) is 30.1 Å². The van der Waals surface area contributed by atoms with Crippen molar-refractivity contribution >= 4 is 27.3 Å². The average Bonchev–Trinajstić information content (AvgIpc) is 2.79. The van der Waals surface area contributed by atoms with Crippen LogP contribution in [0.4, 0.5) is 11.4 Å². The summed E-state index contributed by atoms with van der Waals surface area (Å²) in [5.74, 6) is 0.248. The number of methoxy groups -OCH3 is 2. The Bertz CT molecular complexity index is 629. The van der Waals surface area contributed by atoms with Crippen LogP contribution >= 0.6 is 0 Å². The van der Waals surface area contributed by atoms with Gasteiger partial charge in [-0.15, -0.1) is 0 Å². The number of hydrogen-bond acceptors (Lipinski definition) is 5. The van der Waals surface area contributed by atoms with Gasteiger partial charge in [0.2, 0.25) is 15.9 Å². The molecule has 0 aromatic heterocycles. The molecule has 1 heterocycles. The second-order valence-electron chi connectivity index (χ2n) is 4.61. The highest BCUT2D eigenvalue weighted by molar-refractivity contribution is 7.93. The average molecular weight is 314 g/mol. The number of rotatable bonds is 5. The molecule has 0 atom stereocenters. The lowest BCUT2D eigenvalue weighted by atomic mass is 10.2. The summed E-state index contributed by atoms with van der Waals surface area (Å²) in [5.41, 5.74) is 1.01. The Kier molecular flexibility index (Phi) is 4.69. The van der Waals surface area contributed by atoms with E-state index in [1.54, 1.807) is 18.2 Å². The van der Waals surface area contributed by atoms with Crippen LogP contribution in [0.25, 0.3) is 0 Å². The number of nitrogens with one attached hydrogen (secondary N) is 1. The van der Waals surface area contributed by atoms with Crippen molar-refractivity contribution < 1.29 is 22.7 Å². The Morgan fingerprint density at radius 3 is 2.71 bits per heavy atom. The first-order chi connectivity index (χ1) is 9.97. The highest BCUT2D eigenvalue weighted by Crippen LogP contribution is 2.32. The first-order valence-electron chi connectivity index (χ1n) is 6.45. The molecular formula is C13H18N2O5S. The third kappa shape index (κ3) is 3.45. The van der Waals surface area contributed by atoms with Gasteiger partial charge in [-0.3, -0.25) is 9.10 Å². The molecule has 1 aliphatic rings. The maximum atomic E-state index is 11.9. The molecule has 1 amide bonds. The molecule has 0 radical (unpaired) electrons. The van der Waals surface area contributed by atoms with E-state index in [2.05, 4.69) is 5.32 Å². The second kappa shape index (κ2) is 6.31. The molecule has 8 heteroatoms. The van der Waals surface area contributed by atoms with Gasteiger partial charge in [0.15, 0.2) is 0 Å². The van der Waals surface area contributed by atoms with Crippen molar-refractivity contribution in [3.8, 4) is 5.75 Å². The van der Waals surface area contributed by atoms with E-state index in [4.69, 9.17) is 9.47 Å². The van der Waals surface area contributed by atoms with Gasteiger partial charge in [0.25, 0.3) is 0 Å². The smallest absolute Gasteiger partial charge is 0.250 e. The molecular weight excluding hydrogens is 296 g/mol. The van der Waals surface area contributed by atoms with E-state index in [1.165, 1.54) is 18.5 Å². The molecule has 2 rings (SSSR count). The van der Waals surface area contributed by atoms with Crippen LogP contribution < -0.4 is 14.4 Å². The van der Waals surface area contributed by atoms with Crippen molar-refractivity contribution in [2.24, 2.45) is 0 Å². The topological polar surface area (TPSA) is 84.9 Å². The number of amides is 1. The van der Waals surface area contributed by atoms with Gasteiger partial charge in [0.05, 0.1) is 24.2 Å². The molecule has 1 fully saturated rings. The molecule has 1 aromatic carbocycles. The highest BCUT2D eigenvalue weighted by atomic mass is 32.2. The third-order valence-corrected chi connectivity index (χ3v) is 4.99. The standard InChI is InChI=1S/C13H18N2O5S/c1-19-9-13(16)14-11-5-4-10(8-12(11)20-2)15-6-3-7-21(15,17)18/h4-5,8H,3,6-7,9H2,1-2H3,(H,14,16). The van der Waals surface area contributed by atoms with Crippen molar-refractivity contribution in [2.75, 3.05) is 42.7 Å². The number of nitrogens with zero attached hydrogens (tertiary/aromatic N) is 1. The molecule has 21 heavy (non-hydrogen) atoms. The molecule has 0 saturated carbocycles. The molecule has 0 aliphatic carbocycles. The quantitative estimate of drug-likeness (QED) is 0.870. The molecule has 116 valence electrons. The molecule has 0 bridgehead atoms. The van der Waals surface area contributed by atoms with Gasteiger partial charge in [-0.1, -0.05) is 0 Å². The maximum absolute atomic E-state index is 11.9. The van der Waals surface area contributed by atoms with Crippen LogP contribution in [0, 0.1) is 0 Å². The van der Waals surface area contributed by atoms with Crippen LogP contribution in [0.2, 0.25) is 0 Å². The minimum absolute atomic E-state index is 0.0641. The number of ether oxygens (including phenoxy) is 2. The van der Waals surface area contributed by atoms with Crippen molar-refractivity contribution in [2.45, 2.75) is 6.42 Å². The lowest BCUT2D eigenvalue weighted by molar-refractivity contribution is -0.119. The molecule has 1 aromatic rings. The predicted molar refractivity (Wildman–Crippen MR) is 79.2 cm³/mol. The monoisotopic (exact) mass is 314 g/mol. The van der Waals surface area contributed by atoms with Crippen molar-refractivity contribution in [3.63, 3.8) is 0 Å². The summed E-state index contributed by atoms with van der Waals surface area (Å²) in [4.78, 5) is 11.5. The van der Waals surface area contributed by atoms with Gasteiger partial charge in [0.1, 0.15) is 12.4 Å². The Morgan fingerprint density at radius 1 is 1.38 bits per heavy atom. The minimum Gasteiger partial charge on any atom is -0.494 e. The number of sulfonamides is 1. The molecule has 1 saturated heterocycles. The molecule has 1 N–H and O–H groups in total.